The Hall–Kier alpha value is -1.86. The summed E-state index contributed by atoms with van der Waals surface area (Å²) < 4.78 is 0. The Balaban J connectivity index is 2.30. The van der Waals surface area contributed by atoms with Crippen molar-refractivity contribution in [2.45, 2.75) is 16.7 Å². The molecule has 0 saturated carbocycles. The van der Waals surface area contributed by atoms with E-state index in [-0.39, 0.29) is 11.4 Å². The first kappa shape index (κ1) is 12.6. The standard InChI is InChI=1S/C11H13N5OS/c1-13-6-7-3-2-4-14-10(7)18-11-15-8(12)5-9(17)16-11/h2-5,13H,6H2,1H3,(H3,12,15,16,17). The third-order valence-electron chi connectivity index (χ3n) is 2.15. The lowest BCUT2D eigenvalue weighted by molar-refractivity contribution is 0.788. The van der Waals surface area contributed by atoms with Crippen LogP contribution in [0.5, 0.6) is 0 Å². The zero-order valence-electron chi connectivity index (χ0n) is 9.80. The van der Waals surface area contributed by atoms with Crippen molar-refractivity contribution >= 4 is 17.6 Å². The van der Waals surface area contributed by atoms with Crippen molar-refractivity contribution in [3.8, 4) is 0 Å². The third kappa shape index (κ3) is 3.08. The van der Waals surface area contributed by atoms with Crippen LogP contribution in [-0.2, 0) is 6.54 Å². The van der Waals surface area contributed by atoms with Crippen molar-refractivity contribution in [3.63, 3.8) is 0 Å². The highest BCUT2D eigenvalue weighted by Crippen LogP contribution is 2.25. The van der Waals surface area contributed by atoms with E-state index < -0.39 is 0 Å². The summed E-state index contributed by atoms with van der Waals surface area (Å²) >= 11 is 1.28. The largest absolute Gasteiger partial charge is 0.383 e. The van der Waals surface area contributed by atoms with Gasteiger partial charge in [0.1, 0.15) is 10.8 Å². The van der Waals surface area contributed by atoms with Gasteiger partial charge in [-0.2, -0.15) is 0 Å². The molecule has 0 radical (unpaired) electrons. The highest BCUT2D eigenvalue weighted by molar-refractivity contribution is 7.99. The number of nitrogens with zero attached hydrogens (tertiary/aromatic N) is 2. The van der Waals surface area contributed by atoms with Gasteiger partial charge < -0.3 is 16.0 Å². The molecular formula is C11H13N5OS. The minimum atomic E-state index is -0.268. The first-order chi connectivity index (χ1) is 8.69. The predicted octanol–water partition coefficient (Wildman–Crippen LogP) is 0.618. The average Bonchev–Trinajstić information content (AvgIpc) is 2.30. The molecule has 0 aliphatic heterocycles. The Morgan fingerprint density at radius 2 is 2.39 bits per heavy atom. The molecule has 0 saturated heterocycles. The van der Waals surface area contributed by atoms with Crippen LogP contribution in [0.3, 0.4) is 0 Å². The van der Waals surface area contributed by atoms with Crippen LogP contribution in [0.2, 0.25) is 0 Å². The molecule has 2 rings (SSSR count). The highest BCUT2D eigenvalue weighted by atomic mass is 32.2. The van der Waals surface area contributed by atoms with Crippen LogP contribution in [0.25, 0.3) is 0 Å². The Bertz CT molecular complexity index is 598. The average molecular weight is 263 g/mol. The van der Waals surface area contributed by atoms with Gasteiger partial charge in [-0.25, -0.2) is 9.97 Å². The molecule has 2 aromatic rings. The van der Waals surface area contributed by atoms with Gasteiger partial charge in [-0.15, -0.1) is 0 Å². The molecule has 0 fully saturated rings. The van der Waals surface area contributed by atoms with Gasteiger partial charge in [0, 0.05) is 18.8 Å². The molecule has 0 unspecified atom stereocenters. The fraction of sp³-hybridized carbons (Fsp3) is 0.182. The molecule has 6 nitrogen and oxygen atoms in total. The second-order valence-electron chi connectivity index (χ2n) is 3.58. The summed E-state index contributed by atoms with van der Waals surface area (Å²) in [6, 6.07) is 5.08. The topological polar surface area (TPSA) is 96.7 Å². The lowest BCUT2D eigenvalue weighted by atomic mass is 10.3. The first-order valence-corrected chi connectivity index (χ1v) is 6.14. The van der Waals surface area contributed by atoms with E-state index in [2.05, 4.69) is 20.3 Å². The molecule has 94 valence electrons. The summed E-state index contributed by atoms with van der Waals surface area (Å²) in [5.74, 6) is 0.201. The van der Waals surface area contributed by atoms with E-state index in [1.807, 2.05) is 19.2 Å². The molecule has 2 heterocycles. The number of nitrogens with one attached hydrogen (secondary N) is 2. The molecule has 0 bridgehead atoms. The number of pyridine rings is 1. The van der Waals surface area contributed by atoms with Crippen molar-refractivity contribution in [2.24, 2.45) is 0 Å². The number of nitrogen functional groups attached to an aromatic ring is 1. The molecule has 4 N–H and O–H groups in total. The van der Waals surface area contributed by atoms with E-state index in [1.54, 1.807) is 6.20 Å². The summed E-state index contributed by atoms with van der Waals surface area (Å²) in [7, 11) is 1.86. The molecule has 18 heavy (non-hydrogen) atoms. The fourth-order valence-electron chi connectivity index (χ4n) is 1.43. The van der Waals surface area contributed by atoms with Gasteiger partial charge in [-0.1, -0.05) is 6.07 Å². The lowest BCUT2D eigenvalue weighted by Gasteiger charge is -2.06. The van der Waals surface area contributed by atoms with Crippen LogP contribution in [0.4, 0.5) is 5.82 Å². The summed E-state index contributed by atoms with van der Waals surface area (Å²) in [4.78, 5) is 22.2. The molecule has 0 spiro atoms. The zero-order chi connectivity index (χ0) is 13.0. The Kier molecular flexibility index (Phi) is 3.96. The minimum absolute atomic E-state index is 0.201. The number of hydrogen-bond acceptors (Lipinski definition) is 6. The maximum Gasteiger partial charge on any atom is 0.253 e. The van der Waals surface area contributed by atoms with E-state index in [1.165, 1.54) is 17.8 Å². The normalized spacial score (nSPS) is 10.5. The molecule has 0 amide bonds. The maximum atomic E-state index is 11.3. The zero-order valence-corrected chi connectivity index (χ0v) is 10.6. The van der Waals surface area contributed by atoms with Gasteiger partial charge in [0.05, 0.1) is 0 Å². The monoisotopic (exact) mass is 263 g/mol. The van der Waals surface area contributed by atoms with E-state index in [0.29, 0.717) is 11.7 Å². The van der Waals surface area contributed by atoms with Crippen LogP contribution < -0.4 is 16.6 Å². The molecule has 2 aromatic heterocycles. The van der Waals surface area contributed by atoms with Crippen molar-refractivity contribution in [3.05, 3.63) is 40.3 Å². The van der Waals surface area contributed by atoms with Crippen LogP contribution in [0, 0.1) is 0 Å². The highest BCUT2D eigenvalue weighted by Gasteiger charge is 2.07. The van der Waals surface area contributed by atoms with Crippen LogP contribution in [0.15, 0.2) is 39.4 Å². The van der Waals surface area contributed by atoms with Crippen molar-refractivity contribution in [1.82, 2.24) is 20.3 Å². The van der Waals surface area contributed by atoms with Gasteiger partial charge in [0.15, 0.2) is 5.16 Å². The lowest BCUT2D eigenvalue weighted by Crippen LogP contribution is -2.10. The summed E-state index contributed by atoms with van der Waals surface area (Å²) in [6.07, 6.45) is 1.70. The van der Waals surface area contributed by atoms with Gasteiger partial charge in [0.25, 0.3) is 5.56 Å². The second kappa shape index (κ2) is 5.65. The van der Waals surface area contributed by atoms with E-state index in [9.17, 15) is 4.79 Å². The minimum Gasteiger partial charge on any atom is -0.383 e. The number of H-pyrrole nitrogens is 1. The molecule has 7 heteroatoms. The molecule has 0 aliphatic rings. The van der Waals surface area contributed by atoms with Crippen molar-refractivity contribution < 1.29 is 0 Å². The fourth-order valence-corrected chi connectivity index (χ4v) is 2.30. The number of nitrogens with two attached hydrogens (primary N) is 1. The quantitative estimate of drug-likeness (QED) is 0.700. The summed E-state index contributed by atoms with van der Waals surface area (Å²) in [5, 5.41) is 4.30. The summed E-state index contributed by atoms with van der Waals surface area (Å²) in [6.45, 7) is 0.697. The molecule has 0 atom stereocenters. The SMILES string of the molecule is CNCc1cccnc1Sc1nc(N)cc(=O)[nH]1. The number of hydrogen-bond donors (Lipinski definition) is 3. The summed E-state index contributed by atoms with van der Waals surface area (Å²) in [5.41, 5.74) is 6.30. The number of anilines is 1. The Morgan fingerprint density at radius 3 is 3.11 bits per heavy atom. The van der Waals surface area contributed by atoms with E-state index in [0.717, 1.165) is 10.6 Å². The van der Waals surface area contributed by atoms with E-state index >= 15 is 0 Å². The number of aromatic amines is 1. The molecular weight excluding hydrogens is 250 g/mol. The van der Waals surface area contributed by atoms with Gasteiger partial charge in [-0.3, -0.25) is 4.79 Å². The van der Waals surface area contributed by atoms with Crippen molar-refractivity contribution in [1.29, 1.82) is 0 Å². The number of rotatable bonds is 4. The first-order valence-electron chi connectivity index (χ1n) is 5.32. The van der Waals surface area contributed by atoms with Gasteiger partial charge in [-0.05, 0) is 30.4 Å². The van der Waals surface area contributed by atoms with Crippen LogP contribution in [-0.4, -0.2) is 22.0 Å². The van der Waals surface area contributed by atoms with E-state index in [4.69, 9.17) is 5.73 Å². The maximum absolute atomic E-state index is 11.3. The predicted molar refractivity (Wildman–Crippen MR) is 70.4 cm³/mol. The smallest absolute Gasteiger partial charge is 0.253 e. The second-order valence-corrected chi connectivity index (χ2v) is 4.55. The van der Waals surface area contributed by atoms with Crippen LogP contribution >= 0.6 is 11.8 Å². The van der Waals surface area contributed by atoms with Crippen LogP contribution in [0.1, 0.15) is 5.56 Å². The van der Waals surface area contributed by atoms with Gasteiger partial charge in [0.2, 0.25) is 0 Å². The Morgan fingerprint density at radius 1 is 1.56 bits per heavy atom. The molecule has 0 aromatic carbocycles. The molecule has 0 aliphatic carbocycles. The number of aromatic nitrogens is 3. The van der Waals surface area contributed by atoms with Crippen molar-refractivity contribution in [2.75, 3.05) is 12.8 Å². The Labute approximate surface area is 108 Å². The third-order valence-corrected chi connectivity index (χ3v) is 3.10. The van der Waals surface area contributed by atoms with Gasteiger partial charge >= 0.3 is 0 Å².